The maximum absolute atomic E-state index is 12.7. The van der Waals surface area contributed by atoms with Crippen molar-refractivity contribution in [3.63, 3.8) is 0 Å². The Morgan fingerprint density at radius 1 is 1.04 bits per heavy atom. The minimum absolute atomic E-state index is 0.00777. The van der Waals surface area contributed by atoms with Crippen LogP contribution in [0.5, 0.6) is 0 Å². The quantitative estimate of drug-likeness (QED) is 0.706. The first-order chi connectivity index (χ1) is 13.2. The highest BCUT2D eigenvalue weighted by atomic mass is 16.2. The topological polar surface area (TPSA) is 84.2 Å². The smallest absolute Gasteiger partial charge is 0.251 e. The Morgan fingerprint density at radius 2 is 1.68 bits per heavy atom. The van der Waals surface area contributed by atoms with E-state index in [9.17, 15) is 9.59 Å². The van der Waals surface area contributed by atoms with Gasteiger partial charge in [0, 0.05) is 23.4 Å². The molecular weight excluding hydrogens is 350 g/mol. The predicted molar refractivity (Wildman–Crippen MR) is 112 cm³/mol. The number of carbonyl (C=O) groups excluding carboxylic acids is 2. The van der Waals surface area contributed by atoms with E-state index in [1.807, 2.05) is 18.2 Å². The third kappa shape index (κ3) is 4.91. The van der Waals surface area contributed by atoms with Gasteiger partial charge in [-0.1, -0.05) is 26.8 Å². The molecule has 0 spiro atoms. The van der Waals surface area contributed by atoms with Gasteiger partial charge in [0.2, 0.25) is 0 Å². The van der Waals surface area contributed by atoms with Crippen LogP contribution in [-0.2, 0) is 6.42 Å². The van der Waals surface area contributed by atoms with Gasteiger partial charge in [0.1, 0.15) is 0 Å². The first kappa shape index (κ1) is 19.9. The van der Waals surface area contributed by atoms with Gasteiger partial charge in [-0.3, -0.25) is 9.59 Å². The van der Waals surface area contributed by atoms with E-state index in [0.29, 0.717) is 17.7 Å². The van der Waals surface area contributed by atoms with E-state index in [0.717, 1.165) is 30.5 Å². The van der Waals surface area contributed by atoms with Gasteiger partial charge < -0.3 is 16.4 Å². The Hall–Kier alpha value is -2.82. The molecule has 0 saturated heterocycles. The third-order valence-corrected chi connectivity index (χ3v) is 4.98. The van der Waals surface area contributed by atoms with Crippen LogP contribution in [0.4, 0.5) is 5.69 Å². The second-order valence-corrected chi connectivity index (χ2v) is 8.70. The molecule has 1 unspecified atom stereocenters. The number of hydrogen-bond donors (Lipinski definition) is 3. The lowest BCUT2D eigenvalue weighted by atomic mass is 9.87. The number of fused-ring (bicyclic) bond motifs is 1. The normalized spacial score (nSPS) is 16.2. The summed E-state index contributed by atoms with van der Waals surface area (Å²) in [5.74, 6) is -0.253. The number of nitrogens with one attached hydrogen (secondary N) is 2. The van der Waals surface area contributed by atoms with Crippen molar-refractivity contribution in [3.05, 3.63) is 64.7 Å². The van der Waals surface area contributed by atoms with Crippen molar-refractivity contribution in [2.24, 2.45) is 5.41 Å². The molecule has 0 fully saturated rings. The SMILES string of the molecule is CC(C)(C)CNC(=O)c1ccc(C(=O)NC2CCCc3cc(N)ccc32)cc1. The molecule has 0 radical (unpaired) electrons. The fourth-order valence-electron chi connectivity index (χ4n) is 3.45. The number of hydrogen-bond acceptors (Lipinski definition) is 3. The molecule has 3 rings (SSSR count). The summed E-state index contributed by atoms with van der Waals surface area (Å²) >= 11 is 0. The lowest BCUT2D eigenvalue weighted by molar-refractivity contribution is 0.0924. The highest BCUT2D eigenvalue weighted by Crippen LogP contribution is 2.31. The molecule has 1 atom stereocenters. The predicted octanol–water partition coefficient (Wildman–Crippen LogP) is 3.85. The van der Waals surface area contributed by atoms with E-state index >= 15 is 0 Å². The maximum atomic E-state index is 12.7. The lowest BCUT2D eigenvalue weighted by Crippen LogP contribution is -2.32. The number of amides is 2. The number of anilines is 1. The molecule has 2 aromatic rings. The van der Waals surface area contributed by atoms with Crippen molar-refractivity contribution < 1.29 is 9.59 Å². The molecule has 4 N–H and O–H groups in total. The minimum atomic E-state index is -0.128. The monoisotopic (exact) mass is 379 g/mol. The number of rotatable bonds is 4. The fourth-order valence-corrected chi connectivity index (χ4v) is 3.45. The Kier molecular flexibility index (Phi) is 5.73. The van der Waals surface area contributed by atoms with Crippen LogP contribution in [0.3, 0.4) is 0 Å². The second kappa shape index (κ2) is 8.05. The van der Waals surface area contributed by atoms with Gasteiger partial charge in [-0.15, -0.1) is 0 Å². The van der Waals surface area contributed by atoms with Crippen LogP contribution in [0, 0.1) is 5.41 Å². The first-order valence-corrected chi connectivity index (χ1v) is 9.80. The molecule has 0 aromatic heterocycles. The number of benzene rings is 2. The third-order valence-electron chi connectivity index (χ3n) is 4.98. The molecule has 148 valence electrons. The summed E-state index contributed by atoms with van der Waals surface area (Å²) < 4.78 is 0. The van der Waals surface area contributed by atoms with E-state index in [-0.39, 0.29) is 23.3 Å². The Bertz CT molecular complexity index is 866. The van der Waals surface area contributed by atoms with Crippen molar-refractivity contribution in [3.8, 4) is 0 Å². The van der Waals surface area contributed by atoms with Gasteiger partial charge in [0.25, 0.3) is 11.8 Å². The van der Waals surface area contributed by atoms with Gasteiger partial charge >= 0.3 is 0 Å². The van der Waals surface area contributed by atoms with Crippen molar-refractivity contribution in [1.82, 2.24) is 10.6 Å². The molecule has 28 heavy (non-hydrogen) atoms. The Labute approximate surface area is 166 Å². The van der Waals surface area contributed by atoms with Crippen molar-refractivity contribution in [2.75, 3.05) is 12.3 Å². The number of carbonyl (C=O) groups is 2. The summed E-state index contributed by atoms with van der Waals surface area (Å²) in [5, 5.41) is 6.04. The fraction of sp³-hybridized carbons (Fsp3) is 0.391. The van der Waals surface area contributed by atoms with E-state index < -0.39 is 0 Å². The number of nitrogens with two attached hydrogens (primary N) is 1. The van der Waals surface area contributed by atoms with Gasteiger partial charge in [0.15, 0.2) is 0 Å². The summed E-state index contributed by atoms with van der Waals surface area (Å²) in [6.45, 7) is 6.80. The highest BCUT2D eigenvalue weighted by molar-refractivity contribution is 5.98. The highest BCUT2D eigenvalue weighted by Gasteiger charge is 2.22. The molecule has 0 aliphatic heterocycles. The molecular formula is C23H29N3O2. The summed E-state index contributed by atoms with van der Waals surface area (Å²) in [5.41, 5.74) is 10.1. The zero-order valence-electron chi connectivity index (χ0n) is 16.8. The van der Waals surface area contributed by atoms with Crippen LogP contribution in [0.2, 0.25) is 0 Å². The summed E-state index contributed by atoms with van der Waals surface area (Å²) in [4.78, 5) is 24.9. The van der Waals surface area contributed by atoms with E-state index in [2.05, 4.69) is 31.4 Å². The molecule has 2 amide bonds. The van der Waals surface area contributed by atoms with Crippen LogP contribution >= 0.6 is 0 Å². The number of aryl methyl sites for hydroxylation is 1. The largest absolute Gasteiger partial charge is 0.399 e. The van der Waals surface area contributed by atoms with Crippen LogP contribution in [0.1, 0.15) is 71.5 Å². The Balaban J connectivity index is 1.65. The summed E-state index contributed by atoms with van der Waals surface area (Å²) in [7, 11) is 0. The molecule has 0 heterocycles. The number of nitrogen functional groups attached to an aromatic ring is 1. The van der Waals surface area contributed by atoms with Crippen LogP contribution in [0.25, 0.3) is 0 Å². The van der Waals surface area contributed by atoms with Crippen molar-refractivity contribution in [1.29, 1.82) is 0 Å². The van der Waals surface area contributed by atoms with Crippen LogP contribution < -0.4 is 16.4 Å². The van der Waals surface area contributed by atoms with Gasteiger partial charge in [-0.25, -0.2) is 0 Å². The van der Waals surface area contributed by atoms with Crippen molar-refractivity contribution in [2.45, 2.75) is 46.1 Å². The maximum Gasteiger partial charge on any atom is 0.251 e. The Morgan fingerprint density at radius 3 is 2.32 bits per heavy atom. The molecule has 1 aliphatic rings. The molecule has 5 nitrogen and oxygen atoms in total. The van der Waals surface area contributed by atoms with Crippen LogP contribution in [0.15, 0.2) is 42.5 Å². The van der Waals surface area contributed by atoms with Gasteiger partial charge in [-0.2, -0.15) is 0 Å². The molecule has 1 aliphatic carbocycles. The van der Waals surface area contributed by atoms with Crippen molar-refractivity contribution >= 4 is 17.5 Å². The molecule has 5 heteroatoms. The summed E-state index contributed by atoms with van der Waals surface area (Å²) in [6, 6.07) is 12.7. The van der Waals surface area contributed by atoms with E-state index in [1.165, 1.54) is 5.56 Å². The van der Waals surface area contributed by atoms with Gasteiger partial charge in [-0.05, 0) is 72.2 Å². The molecule has 0 saturated carbocycles. The second-order valence-electron chi connectivity index (χ2n) is 8.70. The zero-order chi connectivity index (χ0) is 20.3. The average molecular weight is 380 g/mol. The zero-order valence-corrected chi connectivity index (χ0v) is 16.8. The average Bonchev–Trinajstić information content (AvgIpc) is 2.65. The molecule has 2 aromatic carbocycles. The van der Waals surface area contributed by atoms with E-state index in [4.69, 9.17) is 5.73 Å². The van der Waals surface area contributed by atoms with Crippen LogP contribution in [-0.4, -0.2) is 18.4 Å². The minimum Gasteiger partial charge on any atom is -0.399 e. The first-order valence-electron chi connectivity index (χ1n) is 9.80. The van der Waals surface area contributed by atoms with E-state index in [1.54, 1.807) is 24.3 Å². The standard InChI is InChI=1S/C23H29N3O2/c1-23(2,3)14-25-21(27)15-7-9-16(10-8-15)22(28)26-20-6-4-5-17-13-18(24)11-12-19(17)20/h7-13,20H,4-6,14,24H2,1-3H3,(H,25,27)(H,26,28). The summed E-state index contributed by atoms with van der Waals surface area (Å²) in [6.07, 6.45) is 2.93. The lowest BCUT2D eigenvalue weighted by Gasteiger charge is -2.26. The van der Waals surface area contributed by atoms with Gasteiger partial charge in [0.05, 0.1) is 6.04 Å². The molecule has 0 bridgehead atoms.